The van der Waals surface area contributed by atoms with Gasteiger partial charge >= 0.3 is 0 Å². The van der Waals surface area contributed by atoms with Crippen molar-refractivity contribution < 1.29 is 35.9 Å². The minimum atomic E-state index is -4.33. The molecule has 3 atom stereocenters. The molecule has 12 nitrogen and oxygen atoms in total. The molecule has 1 unspecified atom stereocenters. The van der Waals surface area contributed by atoms with E-state index in [-0.39, 0.29) is 58.0 Å². The standard InChI is InChI=1S/C27H32N4O8S3/c1-38-18-9-8-16(19(10-18)39-2)12-31-22-15-6-4-14(5-7-15)20(22)23(32)21(27(31)33)25-29-26-24(42(36,37)30-25)17(13-40-26)11-28-41(3,34)35/h8-10,13-15,20-22,28H,4-7,11-12H2,1-3H3,(H,29,30)/t14?,15?,20-,21?,22+/m1/s1. The van der Waals surface area contributed by atoms with Crippen LogP contribution in [-0.2, 0) is 42.7 Å². The van der Waals surface area contributed by atoms with Gasteiger partial charge in [-0.1, -0.05) is 0 Å². The molecule has 3 aliphatic carbocycles. The number of hydrogen-bond acceptors (Lipinski definition) is 10. The van der Waals surface area contributed by atoms with Gasteiger partial charge in [0.1, 0.15) is 27.2 Å². The second-order valence-corrected chi connectivity index (χ2v) is 15.5. The van der Waals surface area contributed by atoms with Gasteiger partial charge in [-0.05, 0) is 55.0 Å². The van der Waals surface area contributed by atoms with Gasteiger partial charge in [0.05, 0.1) is 20.5 Å². The van der Waals surface area contributed by atoms with E-state index < -0.39 is 37.8 Å². The van der Waals surface area contributed by atoms with Gasteiger partial charge in [0.25, 0.3) is 10.0 Å². The summed E-state index contributed by atoms with van der Waals surface area (Å²) in [5.41, 5.74) is 0.976. The number of benzene rings is 1. The van der Waals surface area contributed by atoms with Crippen LogP contribution in [0.15, 0.2) is 32.9 Å². The topological polar surface area (TPSA) is 161 Å². The summed E-state index contributed by atoms with van der Waals surface area (Å²) < 4.78 is 67.2. The molecule has 2 bridgehead atoms. The van der Waals surface area contributed by atoms with Gasteiger partial charge in [-0.2, -0.15) is 8.42 Å². The van der Waals surface area contributed by atoms with E-state index in [1.54, 1.807) is 24.1 Å². The average molecular weight is 637 g/mol. The van der Waals surface area contributed by atoms with Crippen LogP contribution in [0.25, 0.3) is 0 Å². The minimum Gasteiger partial charge on any atom is -0.497 e. The van der Waals surface area contributed by atoms with Crippen molar-refractivity contribution in [2.45, 2.75) is 49.7 Å². The Morgan fingerprint density at radius 1 is 1.10 bits per heavy atom. The van der Waals surface area contributed by atoms with Gasteiger partial charge < -0.3 is 19.7 Å². The van der Waals surface area contributed by atoms with Crippen LogP contribution in [-0.4, -0.2) is 65.8 Å². The summed E-state index contributed by atoms with van der Waals surface area (Å²) in [5.74, 6) is -1.40. The number of ketones is 1. The number of methoxy groups -OCH3 is 2. The summed E-state index contributed by atoms with van der Waals surface area (Å²) in [7, 11) is -4.81. The Balaban J connectivity index is 1.38. The van der Waals surface area contributed by atoms with Crippen LogP contribution >= 0.6 is 11.3 Å². The van der Waals surface area contributed by atoms with Crippen LogP contribution < -0.4 is 19.5 Å². The van der Waals surface area contributed by atoms with Crippen molar-refractivity contribution in [2.75, 3.05) is 25.8 Å². The Morgan fingerprint density at radius 2 is 1.81 bits per heavy atom. The predicted octanol–water partition coefficient (Wildman–Crippen LogP) is 2.36. The lowest BCUT2D eigenvalue weighted by Gasteiger charge is -2.55. The van der Waals surface area contributed by atoms with Gasteiger partial charge in [-0.3, -0.25) is 9.59 Å². The van der Waals surface area contributed by atoms with E-state index in [1.165, 1.54) is 12.5 Å². The number of anilines is 1. The maximum atomic E-state index is 14.3. The molecule has 3 heterocycles. The van der Waals surface area contributed by atoms with Crippen molar-refractivity contribution in [3.05, 3.63) is 34.7 Å². The molecule has 0 radical (unpaired) electrons. The Labute approximate surface area is 248 Å². The highest BCUT2D eigenvalue weighted by molar-refractivity contribution is 7.91. The zero-order valence-electron chi connectivity index (χ0n) is 23.3. The number of carbonyl (C=O) groups excluding carboxylic acids is 2. The first kappa shape index (κ1) is 29.1. The van der Waals surface area contributed by atoms with Crippen molar-refractivity contribution in [3.8, 4) is 11.5 Å². The summed E-state index contributed by atoms with van der Waals surface area (Å²) in [4.78, 5) is 30.0. The molecule has 3 saturated carbocycles. The number of Topliss-reactive ketones (excluding diaryl/α,β-unsaturated/α-hetero) is 1. The third-order valence-corrected chi connectivity index (χ3v) is 12.0. The average Bonchev–Trinajstić information content (AvgIpc) is 3.38. The van der Waals surface area contributed by atoms with Crippen molar-refractivity contribution in [1.29, 1.82) is 0 Å². The number of nitrogens with one attached hydrogen (secondary N) is 2. The Hall–Kier alpha value is -3.01. The van der Waals surface area contributed by atoms with Gasteiger partial charge in [0.2, 0.25) is 15.9 Å². The number of ether oxygens (including phenoxy) is 2. The Morgan fingerprint density at radius 3 is 2.48 bits per heavy atom. The van der Waals surface area contributed by atoms with E-state index in [0.29, 0.717) is 11.5 Å². The quantitative estimate of drug-likeness (QED) is 0.415. The zero-order valence-corrected chi connectivity index (χ0v) is 25.8. The van der Waals surface area contributed by atoms with E-state index in [0.717, 1.165) is 48.8 Å². The van der Waals surface area contributed by atoms with Gasteiger partial charge in [0.15, 0.2) is 11.7 Å². The third kappa shape index (κ3) is 4.99. The predicted molar refractivity (Wildman–Crippen MR) is 156 cm³/mol. The largest absolute Gasteiger partial charge is 0.497 e. The highest BCUT2D eigenvalue weighted by Gasteiger charge is 2.58. The smallest absolute Gasteiger partial charge is 0.287 e. The summed E-state index contributed by atoms with van der Waals surface area (Å²) in [5, 5.41) is 4.68. The Bertz CT molecular complexity index is 1690. The number of likely N-dealkylation sites (tertiary alicyclic amines) is 1. The maximum Gasteiger partial charge on any atom is 0.287 e. The molecule has 2 aromatic rings. The first-order valence-corrected chi connectivity index (χ1v) is 17.8. The Kier molecular flexibility index (Phi) is 7.35. The van der Waals surface area contributed by atoms with Crippen LogP contribution in [0.3, 0.4) is 0 Å². The fraction of sp³-hybridized carbons (Fsp3) is 0.519. The first-order chi connectivity index (χ1) is 19.9. The van der Waals surface area contributed by atoms with Crippen LogP contribution in [0.5, 0.6) is 11.5 Å². The number of nitrogens with zero attached hydrogens (tertiary/aromatic N) is 2. The van der Waals surface area contributed by atoms with Crippen molar-refractivity contribution >= 4 is 53.9 Å². The highest BCUT2D eigenvalue weighted by Crippen LogP contribution is 2.51. The molecule has 5 aliphatic rings. The first-order valence-electron chi connectivity index (χ1n) is 13.6. The summed E-state index contributed by atoms with van der Waals surface area (Å²) >= 11 is 1.05. The lowest BCUT2D eigenvalue weighted by Crippen LogP contribution is -2.66. The molecule has 226 valence electrons. The molecule has 7 rings (SSSR count). The third-order valence-electron chi connectivity index (χ3n) is 8.85. The summed E-state index contributed by atoms with van der Waals surface area (Å²) in [6.45, 7) is -0.0478. The molecule has 1 aromatic heterocycles. The number of hydrogen-bond donors (Lipinski definition) is 2. The molecule has 42 heavy (non-hydrogen) atoms. The minimum absolute atomic E-state index is 0.107. The molecular formula is C27H32N4O8S3. The van der Waals surface area contributed by atoms with E-state index in [1.807, 2.05) is 6.07 Å². The van der Waals surface area contributed by atoms with Crippen molar-refractivity contribution in [2.24, 2.45) is 28.1 Å². The fourth-order valence-electron chi connectivity index (χ4n) is 7.02. The van der Waals surface area contributed by atoms with E-state index in [2.05, 4.69) is 14.4 Å². The van der Waals surface area contributed by atoms with Crippen LogP contribution in [0, 0.1) is 23.7 Å². The SMILES string of the molecule is COc1ccc(CN2C(=O)C(C3=NS(=O)(=O)c4c(CNS(C)(=O)=O)csc4N3)C(=O)[C@@H]3C4CCC(CC4)[C@@H]32)c(OC)c1. The second-order valence-electron chi connectivity index (χ2n) is 11.3. The number of piperidine rings is 1. The summed E-state index contributed by atoms with van der Waals surface area (Å²) in [6, 6.07) is 5.07. The normalized spacial score (nSPS) is 28.0. The number of thiophene rings is 1. The number of carbonyl (C=O) groups is 2. The van der Waals surface area contributed by atoms with Crippen molar-refractivity contribution in [3.63, 3.8) is 0 Å². The molecular weight excluding hydrogens is 605 g/mol. The molecule has 1 amide bonds. The molecule has 2 aliphatic heterocycles. The number of sulfonamides is 2. The van der Waals surface area contributed by atoms with Crippen LogP contribution in [0.1, 0.15) is 36.8 Å². The second kappa shape index (κ2) is 10.6. The van der Waals surface area contributed by atoms with E-state index >= 15 is 0 Å². The molecule has 1 aromatic carbocycles. The molecule has 15 heteroatoms. The van der Waals surface area contributed by atoms with Crippen LogP contribution in [0.4, 0.5) is 5.00 Å². The molecule has 2 N–H and O–H groups in total. The molecule has 1 saturated heterocycles. The van der Waals surface area contributed by atoms with Gasteiger partial charge in [-0.25, -0.2) is 13.1 Å². The maximum absolute atomic E-state index is 14.3. The van der Waals surface area contributed by atoms with Crippen molar-refractivity contribution in [1.82, 2.24) is 9.62 Å². The lowest BCUT2D eigenvalue weighted by atomic mass is 9.57. The zero-order chi connectivity index (χ0) is 30.0. The van der Waals surface area contributed by atoms with E-state index in [9.17, 15) is 26.4 Å². The highest BCUT2D eigenvalue weighted by atomic mass is 32.2. The molecule has 4 fully saturated rings. The van der Waals surface area contributed by atoms with E-state index in [4.69, 9.17) is 9.47 Å². The lowest BCUT2D eigenvalue weighted by molar-refractivity contribution is -0.162. The monoisotopic (exact) mass is 636 g/mol. The number of rotatable bonds is 8. The summed E-state index contributed by atoms with van der Waals surface area (Å²) in [6.07, 6.45) is 4.63. The van der Waals surface area contributed by atoms with Gasteiger partial charge in [0, 0.05) is 42.2 Å². The number of amides is 1. The van der Waals surface area contributed by atoms with Gasteiger partial charge in [-0.15, -0.1) is 15.7 Å². The molecule has 0 spiro atoms. The fourth-order valence-corrected chi connectivity index (χ4v) is 10.1. The number of amidine groups is 1. The number of fused-ring (bicyclic) bond motifs is 3. The van der Waals surface area contributed by atoms with Crippen LogP contribution in [0.2, 0.25) is 0 Å².